The van der Waals surface area contributed by atoms with Crippen molar-refractivity contribution in [2.75, 3.05) is 18.5 Å². The summed E-state index contributed by atoms with van der Waals surface area (Å²) >= 11 is 1.43. The van der Waals surface area contributed by atoms with Gasteiger partial charge in [-0.3, -0.25) is 0 Å². The van der Waals surface area contributed by atoms with E-state index in [1.807, 2.05) is 11.9 Å². The predicted molar refractivity (Wildman–Crippen MR) is 55.4 cm³/mol. The molecule has 2 rings (SSSR count). The minimum atomic E-state index is 0.537. The molecule has 0 aliphatic heterocycles. The van der Waals surface area contributed by atoms with Gasteiger partial charge in [0.15, 0.2) is 0 Å². The van der Waals surface area contributed by atoms with E-state index < -0.39 is 0 Å². The normalized spacial score (nSPS) is 15.1. The van der Waals surface area contributed by atoms with E-state index in [1.165, 1.54) is 24.4 Å². The van der Waals surface area contributed by atoms with Crippen LogP contribution in [0.5, 0.6) is 0 Å². The molecule has 1 aromatic rings. The fourth-order valence-corrected chi connectivity index (χ4v) is 1.93. The van der Waals surface area contributed by atoms with Gasteiger partial charge in [0.1, 0.15) is 5.82 Å². The number of hydrogen-bond acceptors (Lipinski definition) is 5. The SMILES string of the molecule is CN(CCC#N)c1nc(C2CC2)ns1. The second-order valence-electron chi connectivity index (χ2n) is 3.54. The third-order valence-corrected chi connectivity index (χ3v) is 3.10. The molecule has 0 amide bonds. The Morgan fingerprint density at radius 1 is 1.64 bits per heavy atom. The van der Waals surface area contributed by atoms with Crippen LogP contribution in [-0.2, 0) is 0 Å². The molecule has 74 valence electrons. The predicted octanol–water partition coefficient (Wildman–Crippen LogP) is 1.77. The van der Waals surface area contributed by atoms with Crippen molar-refractivity contribution in [1.82, 2.24) is 9.36 Å². The molecule has 0 spiro atoms. The van der Waals surface area contributed by atoms with Crippen molar-refractivity contribution >= 4 is 16.7 Å². The largest absolute Gasteiger partial charge is 0.349 e. The summed E-state index contributed by atoms with van der Waals surface area (Å²) in [5.41, 5.74) is 0. The molecule has 1 fully saturated rings. The van der Waals surface area contributed by atoms with Crippen molar-refractivity contribution in [3.63, 3.8) is 0 Å². The van der Waals surface area contributed by atoms with Crippen molar-refractivity contribution in [3.05, 3.63) is 5.82 Å². The Balaban J connectivity index is 1.97. The highest BCUT2D eigenvalue weighted by atomic mass is 32.1. The molecule has 0 saturated heterocycles. The monoisotopic (exact) mass is 208 g/mol. The van der Waals surface area contributed by atoms with Gasteiger partial charge in [0.25, 0.3) is 0 Å². The Morgan fingerprint density at radius 2 is 2.43 bits per heavy atom. The van der Waals surface area contributed by atoms with Crippen molar-refractivity contribution in [3.8, 4) is 6.07 Å². The molecule has 1 heterocycles. The Labute approximate surface area is 87.4 Å². The van der Waals surface area contributed by atoms with E-state index in [2.05, 4.69) is 15.4 Å². The Kier molecular flexibility index (Phi) is 2.64. The fourth-order valence-electron chi connectivity index (χ4n) is 1.20. The van der Waals surface area contributed by atoms with Gasteiger partial charge in [-0.25, -0.2) is 4.98 Å². The third kappa shape index (κ3) is 2.02. The van der Waals surface area contributed by atoms with Gasteiger partial charge in [0.05, 0.1) is 12.5 Å². The number of anilines is 1. The van der Waals surface area contributed by atoms with E-state index in [-0.39, 0.29) is 0 Å². The van der Waals surface area contributed by atoms with Crippen LogP contribution in [-0.4, -0.2) is 22.9 Å². The van der Waals surface area contributed by atoms with Gasteiger partial charge in [-0.15, -0.1) is 0 Å². The summed E-state index contributed by atoms with van der Waals surface area (Å²) < 4.78 is 4.31. The maximum absolute atomic E-state index is 8.46. The van der Waals surface area contributed by atoms with Crippen molar-refractivity contribution in [1.29, 1.82) is 5.26 Å². The molecule has 0 N–H and O–H groups in total. The molecule has 0 atom stereocenters. The molecule has 1 aliphatic rings. The zero-order valence-electron chi connectivity index (χ0n) is 8.10. The molecule has 0 radical (unpaired) electrons. The Bertz CT molecular complexity index is 350. The number of hydrogen-bond donors (Lipinski definition) is 0. The maximum atomic E-state index is 8.46. The molecule has 0 aromatic carbocycles. The van der Waals surface area contributed by atoms with Crippen molar-refractivity contribution in [2.45, 2.75) is 25.2 Å². The standard InChI is InChI=1S/C9H12N4S/c1-13(6-2-5-10)9-11-8(12-14-9)7-3-4-7/h7H,2-4,6H2,1H3. The highest BCUT2D eigenvalue weighted by Crippen LogP contribution is 2.39. The Morgan fingerprint density at radius 3 is 3.07 bits per heavy atom. The van der Waals surface area contributed by atoms with E-state index in [0.717, 1.165) is 17.5 Å². The summed E-state index contributed by atoms with van der Waals surface area (Å²) in [6.07, 6.45) is 3.00. The van der Waals surface area contributed by atoms with Crippen molar-refractivity contribution in [2.24, 2.45) is 0 Å². The first-order chi connectivity index (χ1) is 6.81. The number of nitriles is 1. The van der Waals surface area contributed by atoms with Gasteiger partial charge in [-0.05, 0) is 12.8 Å². The highest BCUT2D eigenvalue weighted by Gasteiger charge is 2.28. The van der Waals surface area contributed by atoms with Crippen LogP contribution in [0.2, 0.25) is 0 Å². The van der Waals surface area contributed by atoms with Gasteiger partial charge in [0, 0.05) is 31.0 Å². The summed E-state index contributed by atoms with van der Waals surface area (Å²) in [5.74, 6) is 1.61. The van der Waals surface area contributed by atoms with Crippen LogP contribution in [0.4, 0.5) is 5.13 Å². The lowest BCUT2D eigenvalue weighted by atomic mass is 10.4. The summed E-state index contributed by atoms with van der Waals surface area (Å²) in [6, 6.07) is 2.13. The van der Waals surface area contributed by atoms with Gasteiger partial charge < -0.3 is 4.90 Å². The number of aromatic nitrogens is 2. The smallest absolute Gasteiger partial charge is 0.204 e. The van der Waals surface area contributed by atoms with E-state index in [4.69, 9.17) is 5.26 Å². The first-order valence-corrected chi connectivity index (χ1v) is 5.50. The van der Waals surface area contributed by atoms with Crippen LogP contribution < -0.4 is 4.90 Å². The minimum Gasteiger partial charge on any atom is -0.349 e. The maximum Gasteiger partial charge on any atom is 0.204 e. The molecule has 0 bridgehead atoms. The van der Waals surface area contributed by atoms with E-state index in [0.29, 0.717) is 12.3 Å². The Hall–Kier alpha value is -1.15. The van der Waals surface area contributed by atoms with Gasteiger partial charge in [0.2, 0.25) is 5.13 Å². The first kappa shape index (κ1) is 9.41. The summed E-state index contributed by atoms with van der Waals surface area (Å²) in [4.78, 5) is 6.44. The lowest BCUT2D eigenvalue weighted by Gasteiger charge is -2.11. The van der Waals surface area contributed by atoms with Crippen LogP contribution in [0.3, 0.4) is 0 Å². The van der Waals surface area contributed by atoms with E-state index in [1.54, 1.807) is 0 Å². The average molecular weight is 208 g/mol. The summed E-state index contributed by atoms with van der Waals surface area (Å²) in [5, 5.41) is 9.39. The molecular formula is C9H12N4S. The van der Waals surface area contributed by atoms with E-state index in [9.17, 15) is 0 Å². The fraction of sp³-hybridized carbons (Fsp3) is 0.667. The lowest BCUT2D eigenvalue weighted by Crippen LogP contribution is -2.17. The number of nitrogens with zero attached hydrogens (tertiary/aromatic N) is 4. The third-order valence-electron chi connectivity index (χ3n) is 2.26. The second-order valence-corrected chi connectivity index (χ2v) is 4.27. The van der Waals surface area contributed by atoms with Gasteiger partial charge in [-0.1, -0.05) is 0 Å². The molecule has 0 unspecified atom stereocenters. The van der Waals surface area contributed by atoms with E-state index >= 15 is 0 Å². The zero-order chi connectivity index (χ0) is 9.97. The average Bonchev–Trinajstić information content (AvgIpc) is 2.93. The molecule has 1 saturated carbocycles. The molecule has 14 heavy (non-hydrogen) atoms. The van der Waals surface area contributed by atoms with Crippen molar-refractivity contribution < 1.29 is 0 Å². The lowest BCUT2D eigenvalue weighted by molar-refractivity contribution is 0.884. The number of rotatable bonds is 4. The van der Waals surface area contributed by atoms with Crippen LogP contribution in [0, 0.1) is 11.3 Å². The van der Waals surface area contributed by atoms with Crippen LogP contribution in [0.25, 0.3) is 0 Å². The first-order valence-electron chi connectivity index (χ1n) is 4.73. The quantitative estimate of drug-likeness (QED) is 0.756. The molecule has 1 aliphatic carbocycles. The topological polar surface area (TPSA) is 52.8 Å². The van der Waals surface area contributed by atoms with Crippen LogP contribution >= 0.6 is 11.5 Å². The highest BCUT2D eigenvalue weighted by molar-refractivity contribution is 7.09. The van der Waals surface area contributed by atoms with Gasteiger partial charge in [-0.2, -0.15) is 9.64 Å². The second kappa shape index (κ2) is 3.93. The van der Waals surface area contributed by atoms with Crippen LogP contribution in [0.1, 0.15) is 31.0 Å². The van der Waals surface area contributed by atoms with Crippen LogP contribution in [0.15, 0.2) is 0 Å². The molecule has 1 aromatic heterocycles. The summed E-state index contributed by atoms with van der Waals surface area (Å²) in [7, 11) is 1.95. The molecular weight excluding hydrogens is 196 g/mol. The minimum absolute atomic E-state index is 0.537. The molecule has 4 nitrogen and oxygen atoms in total. The summed E-state index contributed by atoms with van der Waals surface area (Å²) in [6.45, 7) is 0.732. The molecule has 5 heteroatoms. The van der Waals surface area contributed by atoms with Gasteiger partial charge >= 0.3 is 0 Å². The zero-order valence-corrected chi connectivity index (χ0v) is 8.92.